The van der Waals surface area contributed by atoms with E-state index >= 15 is 0 Å². The van der Waals surface area contributed by atoms with Gasteiger partial charge in [-0.2, -0.15) is 0 Å². The van der Waals surface area contributed by atoms with E-state index in [-0.39, 0.29) is 5.91 Å². The largest absolute Gasteiger partial charge is 0.561 e. The van der Waals surface area contributed by atoms with Crippen LogP contribution in [0.2, 0.25) is 0 Å². The molecule has 3 rings (SSSR count). The van der Waals surface area contributed by atoms with Crippen molar-refractivity contribution in [2.24, 2.45) is 5.92 Å². The van der Waals surface area contributed by atoms with Gasteiger partial charge in [-0.15, -0.1) is 0 Å². The van der Waals surface area contributed by atoms with Crippen LogP contribution in [0.25, 0.3) is 6.08 Å². The van der Waals surface area contributed by atoms with Crippen molar-refractivity contribution in [1.29, 1.82) is 0 Å². The van der Waals surface area contributed by atoms with E-state index in [0.29, 0.717) is 31.2 Å². The highest BCUT2D eigenvalue weighted by Gasteiger charge is 2.24. The maximum Gasteiger partial charge on any atom is 0.549 e. The highest BCUT2D eigenvalue weighted by Crippen LogP contribution is 2.21. The second kappa shape index (κ2) is 8.96. The van der Waals surface area contributed by atoms with Crippen molar-refractivity contribution in [3.63, 3.8) is 0 Å². The first-order chi connectivity index (χ1) is 12.6. The van der Waals surface area contributed by atoms with Crippen LogP contribution in [0, 0.1) is 5.92 Å². The number of hydrogen-bond acceptors (Lipinski definition) is 4. The topological polar surface area (TPSA) is 72.8 Å². The van der Waals surface area contributed by atoms with Crippen LogP contribution >= 0.6 is 0 Å². The van der Waals surface area contributed by atoms with Gasteiger partial charge in [-0.25, -0.2) is 0 Å². The molecule has 6 nitrogen and oxygen atoms in total. The summed E-state index contributed by atoms with van der Waals surface area (Å²) in [5.74, 6) is -0.0513. The molecule has 140 valence electrons. The summed E-state index contributed by atoms with van der Waals surface area (Å²) in [4.78, 5) is 27.9. The molecule has 2 saturated heterocycles. The zero-order valence-corrected chi connectivity index (χ0v) is 15.0. The third-order valence-corrected chi connectivity index (χ3v) is 5.11. The summed E-state index contributed by atoms with van der Waals surface area (Å²) in [5.41, 5.74) is 1.22. The molecule has 6 heteroatoms. The number of carbonyl (C=O) groups excluding carboxylic acids is 2. The Morgan fingerprint density at radius 1 is 1.12 bits per heavy atom. The van der Waals surface area contributed by atoms with Crippen LogP contribution in [-0.2, 0) is 9.53 Å². The van der Waals surface area contributed by atoms with E-state index in [2.05, 4.69) is 11.0 Å². The minimum Gasteiger partial charge on any atom is -0.561 e. The number of likely N-dealkylation sites (tertiary alicyclic amines) is 1. The SMILES string of the molecule is O=C([OH2+])c1ccccc1/C=C/C1CCN(C(=O)CN2CCOCC2)CC1. The molecule has 26 heavy (non-hydrogen) atoms. The molecular formula is C20H27N2O4+. The first-order valence-corrected chi connectivity index (χ1v) is 9.24. The van der Waals surface area contributed by atoms with Gasteiger partial charge in [0.2, 0.25) is 5.91 Å². The lowest BCUT2D eigenvalue weighted by molar-refractivity contribution is -0.134. The maximum absolute atomic E-state index is 12.4. The number of rotatable bonds is 5. The Balaban J connectivity index is 1.49. The van der Waals surface area contributed by atoms with Gasteiger partial charge in [0.05, 0.1) is 19.8 Å². The monoisotopic (exact) mass is 359 g/mol. The third-order valence-electron chi connectivity index (χ3n) is 5.11. The minimum atomic E-state index is -0.659. The van der Waals surface area contributed by atoms with Crippen molar-refractivity contribution in [2.45, 2.75) is 12.8 Å². The average Bonchev–Trinajstić information content (AvgIpc) is 2.67. The molecule has 0 spiro atoms. The predicted octanol–water partition coefficient (Wildman–Crippen LogP) is 1.14. The molecule has 2 fully saturated rings. The lowest BCUT2D eigenvalue weighted by Crippen LogP contribution is -2.46. The first kappa shape index (κ1) is 18.6. The standard InChI is InChI=1S/C20H26N2O4/c23-19(15-21-11-13-26-14-12-21)22-9-7-16(8-10-22)5-6-17-3-1-2-4-18(17)20(24)25/h1-6,16H,7-15H2,(H,24,25)/p+1/b6-5+. The normalized spacial score (nSPS) is 19.8. The summed E-state index contributed by atoms with van der Waals surface area (Å²) in [7, 11) is 0. The van der Waals surface area contributed by atoms with Crippen LogP contribution in [0.15, 0.2) is 30.3 Å². The molecule has 0 atom stereocenters. The van der Waals surface area contributed by atoms with Crippen LogP contribution < -0.4 is 0 Å². The van der Waals surface area contributed by atoms with E-state index in [4.69, 9.17) is 9.84 Å². The number of amides is 1. The number of allylic oxidation sites excluding steroid dienone is 1. The quantitative estimate of drug-likeness (QED) is 0.739. The van der Waals surface area contributed by atoms with Crippen molar-refractivity contribution in [2.75, 3.05) is 45.9 Å². The molecule has 2 aliphatic rings. The molecular weight excluding hydrogens is 332 g/mol. The molecule has 1 aromatic rings. The fourth-order valence-electron chi connectivity index (χ4n) is 3.48. The molecule has 0 aliphatic carbocycles. The van der Waals surface area contributed by atoms with Crippen LogP contribution in [-0.4, -0.2) is 72.7 Å². The van der Waals surface area contributed by atoms with Gasteiger partial charge >= 0.3 is 5.97 Å². The molecule has 2 N–H and O–H groups in total. The molecule has 1 amide bonds. The average molecular weight is 359 g/mol. The van der Waals surface area contributed by atoms with Crippen LogP contribution in [0.1, 0.15) is 28.8 Å². The van der Waals surface area contributed by atoms with Gasteiger partial charge in [-0.1, -0.05) is 30.4 Å². The summed E-state index contributed by atoms with van der Waals surface area (Å²) in [6.07, 6.45) is 5.92. The summed E-state index contributed by atoms with van der Waals surface area (Å²) in [6.45, 7) is 5.13. The van der Waals surface area contributed by atoms with Gasteiger partial charge in [0.15, 0.2) is 0 Å². The Kier molecular flexibility index (Phi) is 6.41. The lowest BCUT2D eigenvalue weighted by atomic mass is 9.95. The number of piperidine rings is 1. The Morgan fingerprint density at radius 3 is 2.50 bits per heavy atom. The second-order valence-electron chi connectivity index (χ2n) is 6.88. The van der Waals surface area contributed by atoms with E-state index in [1.807, 2.05) is 23.1 Å². The van der Waals surface area contributed by atoms with Gasteiger partial charge in [0, 0.05) is 31.0 Å². The molecule has 0 saturated carbocycles. The summed E-state index contributed by atoms with van der Waals surface area (Å²) >= 11 is 0. The van der Waals surface area contributed by atoms with Crippen molar-refractivity contribution in [3.8, 4) is 0 Å². The molecule has 0 radical (unpaired) electrons. The van der Waals surface area contributed by atoms with Crippen molar-refractivity contribution < 1.29 is 19.4 Å². The molecule has 2 aliphatic heterocycles. The zero-order chi connectivity index (χ0) is 18.4. The molecule has 0 bridgehead atoms. The van der Waals surface area contributed by atoms with Crippen LogP contribution in [0.5, 0.6) is 0 Å². The zero-order valence-electron chi connectivity index (χ0n) is 15.0. The van der Waals surface area contributed by atoms with Gasteiger partial charge < -0.3 is 14.7 Å². The molecule has 2 heterocycles. The Morgan fingerprint density at radius 2 is 1.81 bits per heavy atom. The number of ether oxygens (including phenoxy) is 1. The number of benzene rings is 1. The lowest BCUT2D eigenvalue weighted by Gasteiger charge is -2.33. The van der Waals surface area contributed by atoms with Crippen molar-refractivity contribution in [3.05, 3.63) is 41.5 Å². The van der Waals surface area contributed by atoms with E-state index in [9.17, 15) is 9.59 Å². The van der Waals surface area contributed by atoms with Gasteiger partial charge in [-0.05, 0) is 30.4 Å². The number of nitrogens with zero attached hydrogens (tertiary/aromatic N) is 2. The third kappa shape index (κ3) is 4.93. The Bertz CT molecular complexity index is 660. The fourth-order valence-corrected chi connectivity index (χ4v) is 3.48. The number of carbonyl (C=O) groups is 2. The first-order valence-electron chi connectivity index (χ1n) is 9.24. The Hall–Kier alpha value is -2.18. The fraction of sp³-hybridized carbons (Fsp3) is 0.500. The van der Waals surface area contributed by atoms with Gasteiger partial charge in [0.25, 0.3) is 0 Å². The maximum atomic E-state index is 12.4. The van der Waals surface area contributed by atoms with E-state index in [0.717, 1.165) is 44.6 Å². The number of morpholine rings is 1. The highest BCUT2D eigenvalue weighted by atomic mass is 16.5. The number of hydrogen-bond donors (Lipinski definition) is 0. The predicted molar refractivity (Wildman–Crippen MR) is 100.0 cm³/mol. The molecule has 0 unspecified atom stereocenters. The van der Waals surface area contributed by atoms with Gasteiger partial charge in [-0.3, -0.25) is 9.69 Å². The summed E-state index contributed by atoms with van der Waals surface area (Å²) in [6, 6.07) is 7.19. The van der Waals surface area contributed by atoms with Crippen LogP contribution in [0.3, 0.4) is 0 Å². The second-order valence-corrected chi connectivity index (χ2v) is 6.88. The summed E-state index contributed by atoms with van der Waals surface area (Å²) in [5, 5.41) is 7.33. The van der Waals surface area contributed by atoms with Gasteiger partial charge in [0.1, 0.15) is 5.56 Å². The smallest absolute Gasteiger partial charge is 0.549 e. The van der Waals surface area contributed by atoms with Crippen LogP contribution in [0.4, 0.5) is 0 Å². The van der Waals surface area contributed by atoms with Crippen molar-refractivity contribution in [1.82, 2.24) is 9.80 Å². The van der Waals surface area contributed by atoms with E-state index in [1.54, 1.807) is 12.1 Å². The minimum absolute atomic E-state index is 0.208. The molecule has 0 aromatic heterocycles. The van der Waals surface area contributed by atoms with E-state index < -0.39 is 5.97 Å². The Labute approximate surface area is 154 Å². The van der Waals surface area contributed by atoms with E-state index in [1.165, 1.54) is 0 Å². The highest BCUT2D eigenvalue weighted by molar-refractivity contribution is 5.92. The van der Waals surface area contributed by atoms with Crippen molar-refractivity contribution >= 4 is 18.0 Å². The summed E-state index contributed by atoms with van der Waals surface area (Å²) < 4.78 is 5.32. The molecule has 1 aromatic carbocycles.